The van der Waals surface area contributed by atoms with Gasteiger partial charge in [0.25, 0.3) is 0 Å². The van der Waals surface area contributed by atoms with Crippen LogP contribution in [0, 0.1) is 5.92 Å². The smallest absolute Gasteiger partial charge is 0.234 e. The summed E-state index contributed by atoms with van der Waals surface area (Å²) in [6, 6.07) is 0.331. The van der Waals surface area contributed by atoms with E-state index in [-0.39, 0.29) is 5.91 Å². The van der Waals surface area contributed by atoms with Crippen LogP contribution in [-0.2, 0) is 4.79 Å². The maximum atomic E-state index is 11.9. The Balaban J connectivity index is 2.16. The Morgan fingerprint density at radius 2 is 2.05 bits per heavy atom. The molecule has 1 unspecified atom stereocenters. The summed E-state index contributed by atoms with van der Waals surface area (Å²) in [5, 5.41) is 3.09. The Morgan fingerprint density at radius 1 is 1.37 bits per heavy atom. The maximum absolute atomic E-state index is 11.9. The minimum absolute atomic E-state index is 0.172. The van der Waals surface area contributed by atoms with E-state index in [0.717, 1.165) is 38.9 Å². The second-order valence-corrected chi connectivity index (χ2v) is 5.83. The third kappa shape index (κ3) is 6.92. The summed E-state index contributed by atoms with van der Waals surface area (Å²) in [6.45, 7) is 7.72. The lowest BCUT2D eigenvalue weighted by atomic mass is 9.99. The molecule has 3 N–H and O–H groups in total. The number of rotatable bonds is 8. The zero-order valence-electron chi connectivity index (χ0n) is 12.7. The molecule has 19 heavy (non-hydrogen) atoms. The van der Waals surface area contributed by atoms with E-state index in [1.54, 1.807) is 0 Å². The Labute approximate surface area is 118 Å². The second kappa shape index (κ2) is 9.32. The Hall–Kier alpha value is -0.610. The van der Waals surface area contributed by atoms with Crippen molar-refractivity contribution < 1.29 is 4.79 Å². The number of nitrogens with one attached hydrogen (secondary N) is 1. The molecule has 1 fully saturated rings. The molecule has 0 spiro atoms. The van der Waals surface area contributed by atoms with E-state index >= 15 is 0 Å². The number of amides is 1. The van der Waals surface area contributed by atoms with Crippen LogP contribution in [0.3, 0.4) is 0 Å². The van der Waals surface area contributed by atoms with Gasteiger partial charge in [-0.15, -0.1) is 0 Å². The summed E-state index contributed by atoms with van der Waals surface area (Å²) in [5.74, 6) is 0.809. The quantitative estimate of drug-likeness (QED) is 0.706. The topological polar surface area (TPSA) is 58.4 Å². The number of unbranched alkanes of at least 4 members (excludes halogenated alkanes) is 1. The van der Waals surface area contributed by atoms with E-state index in [9.17, 15) is 4.79 Å². The van der Waals surface area contributed by atoms with Crippen molar-refractivity contribution in [3.8, 4) is 0 Å². The highest BCUT2D eigenvalue weighted by molar-refractivity contribution is 5.78. The Bertz CT molecular complexity index is 250. The van der Waals surface area contributed by atoms with Crippen molar-refractivity contribution in [2.45, 2.75) is 58.4 Å². The number of likely N-dealkylation sites (tertiary alicyclic amines) is 1. The van der Waals surface area contributed by atoms with Gasteiger partial charge >= 0.3 is 0 Å². The first-order valence-corrected chi connectivity index (χ1v) is 7.90. The average Bonchev–Trinajstić information content (AvgIpc) is 2.42. The van der Waals surface area contributed by atoms with Crippen LogP contribution in [0.2, 0.25) is 0 Å². The molecule has 0 saturated carbocycles. The first kappa shape index (κ1) is 16.4. The molecule has 0 aromatic rings. The van der Waals surface area contributed by atoms with Crippen LogP contribution in [0.15, 0.2) is 0 Å². The predicted octanol–water partition coefficient (Wildman–Crippen LogP) is 1.74. The summed E-state index contributed by atoms with van der Waals surface area (Å²) >= 11 is 0. The molecule has 1 aliphatic heterocycles. The molecule has 0 aromatic heterocycles. The second-order valence-electron chi connectivity index (χ2n) is 5.83. The maximum Gasteiger partial charge on any atom is 0.234 e. The van der Waals surface area contributed by atoms with Crippen LogP contribution in [0.1, 0.15) is 52.4 Å². The SMILES string of the molecule is CCCCC(CC)CNC(=O)CN1CCC(N)CC1. The summed E-state index contributed by atoms with van der Waals surface area (Å²) in [7, 11) is 0. The number of piperidine rings is 1. The van der Waals surface area contributed by atoms with Gasteiger partial charge in [0.1, 0.15) is 0 Å². The Morgan fingerprint density at radius 3 is 2.63 bits per heavy atom. The first-order valence-electron chi connectivity index (χ1n) is 7.90. The standard InChI is InChI=1S/C15H31N3O/c1-3-5-6-13(4-2)11-17-15(19)12-18-9-7-14(16)8-10-18/h13-14H,3-12,16H2,1-2H3,(H,17,19). The van der Waals surface area contributed by atoms with Crippen molar-refractivity contribution >= 4 is 5.91 Å². The summed E-state index contributed by atoms with van der Waals surface area (Å²) in [5.41, 5.74) is 5.86. The van der Waals surface area contributed by atoms with E-state index < -0.39 is 0 Å². The first-order chi connectivity index (χ1) is 9.15. The Kier molecular flexibility index (Phi) is 8.07. The van der Waals surface area contributed by atoms with E-state index in [0.29, 0.717) is 18.5 Å². The van der Waals surface area contributed by atoms with Crippen molar-refractivity contribution in [1.29, 1.82) is 0 Å². The van der Waals surface area contributed by atoms with Crippen molar-refractivity contribution in [2.24, 2.45) is 11.7 Å². The fraction of sp³-hybridized carbons (Fsp3) is 0.933. The van der Waals surface area contributed by atoms with E-state index in [2.05, 4.69) is 24.1 Å². The highest BCUT2D eigenvalue weighted by Crippen LogP contribution is 2.11. The minimum Gasteiger partial charge on any atom is -0.355 e. The molecular weight excluding hydrogens is 238 g/mol. The van der Waals surface area contributed by atoms with Crippen LogP contribution in [0.5, 0.6) is 0 Å². The molecule has 0 aliphatic carbocycles. The van der Waals surface area contributed by atoms with Crippen molar-refractivity contribution in [1.82, 2.24) is 10.2 Å². The van der Waals surface area contributed by atoms with E-state index in [1.807, 2.05) is 0 Å². The average molecular weight is 269 g/mol. The summed E-state index contributed by atoms with van der Waals surface area (Å²) < 4.78 is 0. The molecule has 4 nitrogen and oxygen atoms in total. The molecular formula is C15H31N3O. The van der Waals surface area contributed by atoms with Gasteiger partial charge in [0, 0.05) is 25.7 Å². The molecule has 1 atom stereocenters. The number of carbonyl (C=O) groups excluding carboxylic acids is 1. The third-order valence-corrected chi connectivity index (χ3v) is 4.13. The van der Waals surface area contributed by atoms with Gasteiger partial charge in [0.15, 0.2) is 0 Å². The van der Waals surface area contributed by atoms with Crippen molar-refractivity contribution in [3.05, 3.63) is 0 Å². The third-order valence-electron chi connectivity index (χ3n) is 4.13. The molecule has 0 radical (unpaired) electrons. The molecule has 0 aromatic carbocycles. The zero-order valence-corrected chi connectivity index (χ0v) is 12.7. The van der Waals surface area contributed by atoms with Gasteiger partial charge in [-0.25, -0.2) is 0 Å². The van der Waals surface area contributed by atoms with Gasteiger partial charge < -0.3 is 11.1 Å². The number of nitrogens with zero attached hydrogens (tertiary/aromatic N) is 1. The fourth-order valence-electron chi connectivity index (χ4n) is 2.57. The van der Waals surface area contributed by atoms with Gasteiger partial charge in [-0.3, -0.25) is 9.69 Å². The lowest BCUT2D eigenvalue weighted by Gasteiger charge is -2.29. The number of hydrogen-bond donors (Lipinski definition) is 2. The van der Waals surface area contributed by atoms with Crippen LogP contribution in [-0.4, -0.2) is 43.0 Å². The minimum atomic E-state index is 0.172. The molecule has 1 aliphatic rings. The van der Waals surface area contributed by atoms with Gasteiger partial charge in [-0.2, -0.15) is 0 Å². The highest BCUT2D eigenvalue weighted by Gasteiger charge is 2.18. The largest absolute Gasteiger partial charge is 0.355 e. The summed E-state index contributed by atoms with van der Waals surface area (Å²) in [4.78, 5) is 14.1. The predicted molar refractivity (Wildman–Crippen MR) is 80.0 cm³/mol. The molecule has 1 saturated heterocycles. The van der Waals surface area contributed by atoms with Gasteiger partial charge in [0.2, 0.25) is 5.91 Å². The lowest BCUT2D eigenvalue weighted by molar-refractivity contribution is -0.122. The number of nitrogens with two attached hydrogens (primary N) is 1. The zero-order chi connectivity index (χ0) is 14.1. The lowest BCUT2D eigenvalue weighted by Crippen LogP contribution is -2.45. The van der Waals surface area contributed by atoms with Crippen LogP contribution in [0.25, 0.3) is 0 Å². The molecule has 112 valence electrons. The normalized spacial score (nSPS) is 19.3. The van der Waals surface area contributed by atoms with Crippen LogP contribution >= 0.6 is 0 Å². The molecule has 1 heterocycles. The van der Waals surface area contributed by atoms with Crippen LogP contribution in [0.4, 0.5) is 0 Å². The number of carbonyl (C=O) groups is 1. The van der Waals surface area contributed by atoms with Crippen molar-refractivity contribution in [2.75, 3.05) is 26.2 Å². The van der Waals surface area contributed by atoms with Gasteiger partial charge in [-0.1, -0.05) is 33.1 Å². The highest BCUT2D eigenvalue weighted by atomic mass is 16.2. The molecule has 1 amide bonds. The molecule has 4 heteroatoms. The molecule has 0 bridgehead atoms. The van der Waals surface area contributed by atoms with Crippen LogP contribution < -0.4 is 11.1 Å². The van der Waals surface area contributed by atoms with Gasteiger partial charge in [-0.05, 0) is 25.2 Å². The van der Waals surface area contributed by atoms with Crippen molar-refractivity contribution in [3.63, 3.8) is 0 Å². The van der Waals surface area contributed by atoms with E-state index in [4.69, 9.17) is 5.73 Å². The number of hydrogen-bond acceptors (Lipinski definition) is 3. The monoisotopic (exact) mass is 269 g/mol. The molecule has 1 rings (SSSR count). The summed E-state index contributed by atoms with van der Waals surface area (Å²) in [6.07, 6.45) is 6.91. The van der Waals surface area contributed by atoms with E-state index in [1.165, 1.54) is 19.3 Å². The van der Waals surface area contributed by atoms with Gasteiger partial charge in [0.05, 0.1) is 6.54 Å². The fourth-order valence-corrected chi connectivity index (χ4v) is 2.57.